The molecule has 1 amide bonds. The molecule has 0 bridgehead atoms. The van der Waals surface area contributed by atoms with E-state index in [0.29, 0.717) is 16.4 Å². The first kappa shape index (κ1) is 17.6. The molecule has 0 aliphatic heterocycles. The van der Waals surface area contributed by atoms with Gasteiger partial charge < -0.3 is 14.6 Å². The molecular formula is C18H14ClN3O4. The summed E-state index contributed by atoms with van der Waals surface area (Å²) in [5.74, 6) is -0.441. The molecule has 2 aromatic carbocycles. The summed E-state index contributed by atoms with van der Waals surface area (Å²) in [5.41, 5.74) is 1.19. The van der Waals surface area contributed by atoms with Crippen LogP contribution in [0.1, 0.15) is 16.2 Å². The van der Waals surface area contributed by atoms with Gasteiger partial charge in [0.2, 0.25) is 5.82 Å². The number of carbonyl (C=O) groups excluding carboxylic acids is 2. The second-order valence-electron chi connectivity index (χ2n) is 5.23. The van der Waals surface area contributed by atoms with E-state index in [4.69, 9.17) is 20.9 Å². The Labute approximate surface area is 153 Å². The minimum atomic E-state index is -0.619. The van der Waals surface area contributed by atoms with Crippen LogP contribution in [-0.2, 0) is 16.1 Å². The predicted molar refractivity (Wildman–Crippen MR) is 93.3 cm³/mol. The number of hydrogen-bond acceptors (Lipinski definition) is 6. The third-order valence-corrected chi connectivity index (χ3v) is 3.61. The molecule has 1 N–H and O–H groups in total. The Morgan fingerprint density at radius 3 is 2.54 bits per heavy atom. The zero-order valence-corrected chi connectivity index (χ0v) is 14.3. The Hall–Kier alpha value is -3.19. The fraction of sp³-hybridized carbons (Fsp3) is 0.111. The van der Waals surface area contributed by atoms with E-state index in [-0.39, 0.29) is 19.0 Å². The highest BCUT2D eigenvalue weighted by molar-refractivity contribution is 6.30. The summed E-state index contributed by atoms with van der Waals surface area (Å²) in [6.45, 7) is -0.448. The van der Waals surface area contributed by atoms with Crippen molar-refractivity contribution >= 4 is 23.5 Å². The Balaban J connectivity index is 1.46. The number of ether oxygens (including phenoxy) is 1. The molecule has 8 heteroatoms. The molecule has 1 heterocycles. The molecule has 0 aliphatic carbocycles. The van der Waals surface area contributed by atoms with Crippen molar-refractivity contribution in [3.8, 4) is 11.4 Å². The highest BCUT2D eigenvalue weighted by Crippen LogP contribution is 2.15. The number of hydrogen-bond donors (Lipinski definition) is 1. The molecule has 0 radical (unpaired) electrons. The van der Waals surface area contributed by atoms with Gasteiger partial charge in [-0.25, -0.2) is 0 Å². The third kappa shape index (κ3) is 4.67. The Kier molecular flexibility index (Phi) is 5.60. The fourth-order valence-electron chi connectivity index (χ4n) is 2.07. The third-order valence-electron chi connectivity index (χ3n) is 3.36. The van der Waals surface area contributed by atoms with Gasteiger partial charge in [-0.3, -0.25) is 9.59 Å². The summed E-state index contributed by atoms with van der Waals surface area (Å²) in [5, 5.41) is 6.81. The molecule has 0 atom stereocenters. The van der Waals surface area contributed by atoms with Gasteiger partial charge in [0, 0.05) is 16.1 Å². The quantitative estimate of drug-likeness (QED) is 0.669. The van der Waals surface area contributed by atoms with Gasteiger partial charge in [-0.1, -0.05) is 47.1 Å². The number of rotatable bonds is 6. The lowest BCUT2D eigenvalue weighted by atomic mass is 10.2. The van der Waals surface area contributed by atoms with E-state index in [1.165, 1.54) is 0 Å². The summed E-state index contributed by atoms with van der Waals surface area (Å²) in [6.07, 6.45) is 0. The normalized spacial score (nSPS) is 10.3. The van der Waals surface area contributed by atoms with E-state index in [2.05, 4.69) is 15.5 Å². The topological polar surface area (TPSA) is 94.3 Å². The molecule has 0 saturated carbocycles. The van der Waals surface area contributed by atoms with Crippen LogP contribution >= 0.6 is 11.6 Å². The van der Waals surface area contributed by atoms with E-state index in [0.717, 1.165) is 5.56 Å². The molecule has 3 rings (SSSR count). The van der Waals surface area contributed by atoms with Gasteiger partial charge in [0.15, 0.2) is 6.61 Å². The maximum atomic E-state index is 11.9. The van der Waals surface area contributed by atoms with Gasteiger partial charge >= 0.3 is 5.97 Å². The lowest BCUT2D eigenvalue weighted by Crippen LogP contribution is -2.30. The van der Waals surface area contributed by atoms with Crippen LogP contribution in [0.5, 0.6) is 0 Å². The smallest absolute Gasteiger partial charge is 0.325 e. The number of amides is 1. The number of carbonyl (C=O) groups is 2. The molecule has 0 fully saturated rings. The van der Waals surface area contributed by atoms with Gasteiger partial charge in [0.05, 0.1) is 0 Å². The van der Waals surface area contributed by atoms with Gasteiger partial charge in [0.25, 0.3) is 11.8 Å². The lowest BCUT2D eigenvalue weighted by Gasteiger charge is -2.05. The fourth-order valence-corrected chi connectivity index (χ4v) is 2.19. The van der Waals surface area contributed by atoms with Crippen LogP contribution in [0.25, 0.3) is 11.4 Å². The number of nitrogens with zero attached hydrogens (tertiary/aromatic N) is 2. The van der Waals surface area contributed by atoms with Gasteiger partial charge in [-0.2, -0.15) is 4.98 Å². The minimum Gasteiger partial charge on any atom is -0.454 e. The van der Waals surface area contributed by atoms with E-state index in [1.807, 2.05) is 30.3 Å². The number of esters is 1. The van der Waals surface area contributed by atoms with Crippen molar-refractivity contribution in [1.82, 2.24) is 15.5 Å². The van der Waals surface area contributed by atoms with Crippen molar-refractivity contribution in [2.75, 3.05) is 6.54 Å². The molecule has 0 aliphatic rings. The second kappa shape index (κ2) is 8.26. The largest absolute Gasteiger partial charge is 0.454 e. The first-order valence-electron chi connectivity index (χ1n) is 7.69. The standard InChI is InChI=1S/C18H14ClN3O4/c19-14-8-6-13(7-9-14)18(24)20-10-16(23)25-11-15-21-17(22-26-15)12-4-2-1-3-5-12/h1-9H,10-11H2,(H,20,24). The number of aromatic nitrogens is 2. The van der Waals surface area contributed by atoms with E-state index >= 15 is 0 Å². The lowest BCUT2D eigenvalue weighted by molar-refractivity contribution is -0.144. The second-order valence-corrected chi connectivity index (χ2v) is 5.66. The molecule has 132 valence electrons. The number of benzene rings is 2. The highest BCUT2D eigenvalue weighted by atomic mass is 35.5. The molecule has 7 nitrogen and oxygen atoms in total. The molecule has 0 saturated heterocycles. The van der Waals surface area contributed by atoms with Crippen LogP contribution in [0.2, 0.25) is 5.02 Å². The number of halogens is 1. The van der Waals surface area contributed by atoms with Crippen molar-refractivity contribution in [2.45, 2.75) is 6.61 Å². The van der Waals surface area contributed by atoms with Gasteiger partial charge in [0.1, 0.15) is 6.54 Å². The molecule has 26 heavy (non-hydrogen) atoms. The first-order valence-corrected chi connectivity index (χ1v) is 8.07. The molecule has 3 aromatic rings. The van der Waals surface area contributed by atoms with Crippen LogP contribution in [0.4, 0.5) is 0 Å². The zero-order valence-electron chi connectivity index (χ0n) is 13.5. The minimum absolute atomic E-state index is 0.168. The Morgan fingerprint density at radius 1 is 1.08 bits per heavy atom. The van der Waals surface area contributed by atoms with E-state index in [1.54, 1.807) is 24.3 Å². The molecule has 0 unspecified atom stereocenters. The zero-order chi connectivity index (χ0) is 18.4. The maximum absolute atomic E-state index is 11.9. The van der Waals surface area contributed by atoms with Crippen LogP contribution in [-0.4, -0.2) is 28.6 Å². The van der Waals surface area contributed by atoms with Crippen molar-refractivity contribution in [2.24, 2.45) is 0 Å². The first-order chi connectivity index (χ1) is 12.6. The van der Waals surface area contributed by atoms with E-state index < -0.39 is 11.9 Å². The van der Waals surface area contributed by atoms with Crippen LogP contribution < -0.4 is 5.32 Å². The monoisotopic (exact) mass is 371 g/mol. The van der Waals surface area contributed by atoms with Crippen LogP contribution in [0.3, 0.4) is 0 Å². The average molecular weight is 372 g/mol. The molecular weight excluding hydrogens is 358 g/mol. The van der Waals surface area contributed by atoms with Crippen molar-refractivity contribution in [3.63, 3.8) is 0 Å². The van der Waals surface area contributed by atoms with Crippen LogP contribution in [0, 0.1) is 0 Å². The maximum Gasteiger partial charge on any atom is 0.325 e. The molecule has 1 aromatic heterocycles. The summed E-state index contributed by atoms with van der Waals surface area (Å²) in [7, 11) is 0. The Bertz CT molecular complexity index is 894. The van der Waals surface area contributed by atoms with Crippen molar-refractivity contribution in [1.29, 1.82) is 0 Å². The van der Waals surface area contributed by atoms with Crippen LogP contribution in [0.15, 0.2) is 59.1 Å². The summed E-state index contributed by atoms with van der Waals surface area (Å²) in [4.78, 5) is 27.8. The summed E-state index contributed by atoms with van der Waals surface area (Å²) >= 11 is 5.76. The average Bonchev–Trinajstić information content (AvgIpc) is 3.15. The Morgan fingerprint density at radius 2 is 1.81 bits per heavy atom. The van der Waals surface area contributed by atoms with Crippen molar-refractivity contribution < 1.29 is 18.8 Å². The van der Waals surface area contributed by atoms with Gasteiger partial charge in [-0.15, -0.1) is 0 Å². The molecule has 0 spiro atoms. The SMILES string of the molecule is O=C(CNC(=O)c1ccc(Cl)cc1)OCc1nc(-c2ccccc2)no1. The van der Waals surface area contributed by atoms with Crippen molar-refractivity contribution in [3.05, 3.63) is 71.1 Å². The number of nitrogens with one attached hydrogen (secondary N) is 1. The van der Waals surface area contributed by atoms with E-state index in [9.17, 15) is 9.59 Å². The summed E-state index contributed by atoms with van der Waals surface area (Å²) < 4.78 is 10.0. The summed E-state index contributed by atoms with van der Waals surface area (Å²) in [6, 6.07) is 15.6. The predicted octanol–water partition coefficient (Wildman–Crippen LogP) is 2.86. The highest BCUT2D eigenvalue weighted by Gasteiger charge is 2.12. The van der Waals surface area contributed by atoms with Gasteiger partial charge in [-0.05, 0) is 24.3 Å².